The Morgan fingerprint density at radius 2 is 2.30 bits per heavy atom. The number of carbonyl (C=O) groups is 1. The molecule has 1 saturated carbocycles. The second-order valence-corrected chi connectivity index (χ2v) is 3.11. The van der Waals surface area contributed by atoms with Crippen molar-refractivity contribution >= 4 is 5.91 Å². The van der Waals surface area contributed by atoms with Crippen LogP contribution in [-0.2, 0) is 4.79 Å². The van der Waals surface area contributed by atoms with Gasteiger partial charge in [-0.2, -0.15) is 0 Å². The fourth-order valence-electron chi connectivity index (χ4n) is 0.958. The van der Waals surface area contributed by atoms with Gasteiger partial charge in [0.1, 0.15) is 0 Å². The smallest absolute Gasteiger partial charge is 0.234 e. The molecule has 1 fully saturated rings. The number of amides is 1. The number of carbonyl (C=O) groups excluding carboxylic acids is 1. The molecule has 0 aromatic heterocycles. The summed E-state index contributed by atoms with van der Waals surface area (Å²) in [4.78, 5) is 10.5. The minimum atomic E-state index is -0.265. The maximum Gasteiger partial charge on any atom is 0.234 e. The van der Waals surface area contributed by atoms with Crippen molar-refractivity contribution in [1.82, 2.24) is 5.32 Å². The van der Waals surface area contributed by atoms with Crippen molar-refractivity contribution in [2.45, 2.75) is 32.4 Å². The van der Waals surface area contributed by atoms with Gasteiger partial charge in [-0.25, -0.2) is 0 Å². The summed E-state index contributed by atoms with van der Waals surface area (Å²) in [6, 6.07) is 0.359. The predicted octanol–water partition coefficient (Wildman–Crippen LogP) is -0.142. The highest BCUT2D eigenvalue weighted by atomic mass is 16.1. The van der Waals surface area contributed by atoms with Gasteiger partial charge in [0.05, 0.1) is 6.04 Å². The van der Waals surface area contributed by atoms with Crippen molar-refractivity contribution in [2.24, 2.45) is 11.7 Å². The summed E-state index contributed by atoms with van der Waals surface area (Å²) in [6.45, 7) is 3.96. The first-order valence-electron chi connectivity index (χ1n) is 3.66. The van der Waals surface area contributed by atoms with Crippen LogP contribution in [-0.4, -0.2) is 18.0 Å². The molecule has 3 atom stereocenters. The Balaban J connectivity index is 2.19. The Labute approximate surface area is 61.0 Å². The van der Waals surface area contributed by atoms with Crippen LogP contribution in [0.15, 0.2) is 0 Å². The van der Waals surface area contributed by atoms with Crippen molar-refractivity contribution < 1.29 is 4.79 Å². The predicted molar refractivity (Wildman–Crippen MR) is 39.4 cm³/mol. The van der Waals surface area contributed by atoms with Crippen molar-refractivity contribution in [3.8, 4) is 0 Å². The highest BCUT2D eigenvalue weighted by Crippen LogP contribution is 2.29. The van der Waals surface area contributed by atoms with Gasteiger partial charge in [-0.1, -0.05) is 6.92 Å². The van der Waals surface area contributed by atoms with E-state index in [1.165, 1.54) is 6.42 Å². The van der Waals surface area contributed by atoms with E-state index < -0.39 is 0 Å². The third-order valence-corrected chi connectivity index (χ3v) is 2.00. The Kier molecular flexibility index (Phi) is 1.94. The molecule has 58 valence electrons. The van der Waals surface area contributed by atoms with Gasteiger partial charge in [-0.05, 0) is 19.3 Å². The molecule has 1 aliphatic rings. The largest absolute Gasteiger partial charge is 0.368 e. The van der Waals surface area contributed by atoms with Gasteiger partial charge >= 0.3 is 0 Å². The van der Waals surface area contributed by atoms with E-state index >= 15 is 0 Å². The van der Waals surface area contributed by atoms with Gasteiger partial charge < -0.3 is 11.1 Å². The number of primary amides is 1. The SMILES string of the molecule is C[C@H](N[C@H]1C[C@H]1C)C(N)=O. The molecule has 3 heteroatoms. The summed E-state index contributed by atoms with van der Waals surface area (Å²) in [5.74, 6) is 0.459. The molecule has 0 aromatic carbocycles. The zero-order chi connectivity index (χ0) is 7.72. The first kappa shape index (κ1) is 7.54. The summed E-state index contributed by atoms with van der Waals surface area (Å²) in [6.07, 6.45) is 1.18. The zero-order valence-electron chi connectivity index (χ0n) is 6.42. The van der Waals surface area contributed by atoms with Crippen LogP contribution in [0.1, 0.15) is 20.3 Å². The maximum absolute atomic E-state index is 10.5. The molecular formula is C7H14N2O. The van der Waals surface area contributed by atoms with Crippen LogP contribution in [0.2, 0.25) is 0 Å². The number of hydrogen-bond donors (Lipinski definition) is 2. The lowest BCUT2D eigenvalue weighted by molar-refractivity contribution is -0.119. The number of nitrogens with two attached hydrogens (primary N) is 1. The topological polar surface area (TPSA) is 55.1 Å². The molecule has 10 heavy (non-hydrogen) atoms. The van der Waals surface area contributed by atoms with Crippen LogP contribution in [0.5, 0.6) is 0 Å². The van der Waals surface area contributed by atoms with Gasteiger partial charge in [0.15, 0.2) is 0 Å². The van der Waals surface area contributed by atoms with E-state index in [4.69, 9.17) is 5.73 Å². The molecule has 1 rings (SSSR count). The Bertz CT molecular complexity index is 147. The third-order valence-electron chi connectivity index (χ3n) is 2.00. The van der Waals surface area contributed by atoms with Crippen LogP contribution < -0.4 is 11.1 Å². The Morgan fingerprint density at radius 1 is 1.80 bits per heavy atom. The minimum Gasteiger partial charge on any atom is -0.368 e. The van der Waals surface area contributed by atoms with Crippen LogP contribution >= 0.6 is 0 Å². The third kappa shape index (κ3) is 1.70. The lowest BCUT2D eigenvalue weighted by Gasteiger charge is -2.07. The van der Waals surface area contributed by atoms with Gasteiger partial charge in [0.25, 0.3) is 0 Å². The molecule has 1 aliphatic carbocycles. The summed E-state index contributed by atoms with van der Waals surface area (Å²) in [7, 11) is 0. The molecule has 3 nitrogen and oxygen atoms in total. The number of nitrogens with one attached hydrogen (secondary N) is 1. The average molecular weight is 142 g/mol. The summed E-state index contributed by atoms with van der Waals surface area (Å²) < 4.78 is 0. The Hall–Kier alpha value is -0.570. The molecule has 0 saturated heterocycles. The van der Waals surface area contributed by atoms with E-state index in [1.54, 1.807) is 6.92 Å². The van der Waals surface area contributed by atoms with E-state index in [9.17, 15) is 4.79 Å². The molecule has 0 bridgehead atoms. The van der Waals surface area contributed by atoms with Gasteiger partial charge in [0.2, 0.25) is 5.91 Å². The van der Waals surface area contributed by atoms with E-state index in [2.05, 4.69) is 12.2 Å². The van der Waals surface area contributed by atoms with Crippen LogP contribution in [0, 0.1) is 5.92 Å². The maximum atomic E-state index is 10.5. The van der Waals surface area contributed by atoms with Crippen LogP contribution in [0.25, 0.3) is 0 Å². The fourth-order valence-corrected chi connectivity index (χ4v) is 0.958. The average Bonchev–Trinajstić information content (AvgIpc) is 2.46. The van der Waals surface area contributed by atoms with Crippen molar-refractivity contribution in [1.29, 1.82) is 0 Å². The van der Waals surface area contributed by atoms with Crippen molar-refractivity contribution in [3.63, 3.8) is 0 Å². The van der Waals surface area contributed by atoms with Crippen LogP contribution in [0.3, 0.4) is 0 Å². The van der Waals surface area contributed by atoms with Gasteiger partial charge in [-0.3, -0.25) is 4.79 Å². The molecular weight excluding hydrogens is 128 g/mol. The molecule has 0 unspecified atom stereocenters. The Morgan fingerprint density at radius 3 is 2.60 bits per heavy atom. The van der Waals surface area contributed by atoms with Gasteiger partial charge in [0, 0.05) is 6.04 Å². The number of rotatable bonds is 3. The second kappa shape index (κ2) is 2.58. The number of hydrogen-bond acceptors (Lipinski definition) is 2. The standard InChI is InChI=1S/C7H14N2O/c1-4-3-6(4)9-5(2)7(8)10/h4-6,9H,3H2,1-2H3,(H2,8,10)/t4-,5+,6+/m1/s1. The summed E-state index contributed by atoms with van der Waals surface area (Å²) in [5.41, 5.74) is 5.06. The molecule has 0 spiro atoms. The zero-order valence-corrected chi connectivity index (χ0v) is 6.42. The molecule has 0 heterocycles. The van der Waals surface area contributed by atoms with Crippen molar-refractivity contribution in [2.75, 3.05) is 0 Å². The first-order valence-corrected chi connectivity index (χ1v) is 3.66. The highest BCUT2D eigenvalue weighted by Gasteiger charge is 2.33. The molecule has 1 amide bonds. The fraction of sp³-hybridized carbons (Fsp3) is 0.857. The highest BCUT2D eigenvalue weighted by molar-refractivity contribution is 5.79. The lowest BCUT2D eigenvalue weighted by atomic mass is 10.3. The van der Waals surface area contributed by atoms with E-state index in [1.807, 2.05) is 0 Å². The molecule has 0 radical (unpaired) electrons. The molecule has 0 aliphatic heterocycles. The monoisotopic (exact) mass is 142 g/mol. The van der Waals surface area contributed by atoms with E-state index in [0.29, 0.717) is 6.04 Å². The first-order chi connectivity index (χ1) is 4.61. The normalized spacial score (nSPS) is 33.4. The van der Waals surface area contributed by atoms with E-state index in [0.717, 1.165) is 5.92 Å². The second-order valence-electron chi connectivity index (χ2n) is 3.11. The van der Waals surface area contributed by atoms with Crippen molar-refractivity contribution in [3.05, 3.63) is 0 Å². The summed E-state index contributed by atoms with van der Waals surface area (Å²) >= 11 is 0. The quantitative estimate of drug-likeness (QED) is 0.576. The van der Waals surface area contributed by atoms with Gasteiger partial charge in [-0.15, -0.1) is 0 Å². The molecule has 3 N–H and O–H groups in total. The minimum absolute atomic E-state index is 0.171. The van der Waals surface area contributed by atoms with Crippen LogP contribution in [0.4, 0.5) is 0 Å². The summed E-state index contributed by atoms with van der Waals surface area (Å²) in [5, 5.41) is 3.13. The van der Waals surface area contributed by atoms with E-state index in [-0.39, 0.29) is 11.9 Å². The lowest BCUT2D eigenvalue weighted by Crippen LogP contribution is -2.40. The molecule has 0 aromatic rings.